The number of thioether (sulfide) groups is 1. The fourth-order valence-electron chi connectivity index (χ4n) is 3.51. The summed E-state index contributed by atoms with van der Waals surface area (Å²) in [6, 6.07) is 13.3. The molecule has 0 saturated carbocycles. The Morgan fingerprint density at radius 1 is 1.14 bits per heavy atom. The van der Waals surface area contributed by atoms with Crippen LogP contribution in [0.4, 0.5) is 19.0 Å². The lowest BCUT2D eigenvalue weighted by Crippen LogP contribution is -2.49. The highest BCUT2D eigenvalue weighted by molar-refractivity contribution is 7.98. The number of nitrogens with zero attached hydrogens (tertiary/aromatic N) is 5. The maximum atomic E-state index is 13.6. The number of alkyl halides is 3. The number of nitriles is 2. The molecule has 178 valence electrons. The van der Waals surface area contributed by atoms with E-state index in [-0.39, 0.29) is 41.3 Å². The number of anilines is 1. The number of aliphatic hydroxyl groups excluding tert-OH is 1. The molecular formula is C24H18F3N5O2S. The molecule has 3 heterocycles. The van der Waals surface area contributed by atoms with Crippen molar-refractivity contribution in [2.45, 2.75) is 23.1 Å². The van der Waals surface area contributed by atoms with E-state index < -0.39 is 18.9 Å². The lowest BCUT2D eigenvalue weighted by atomic mass is 9.95. The van der Waals surface area contributed by atoms with Gasteiger partial charge in [0.15, 0.2) is 0 Å². The molecule has 1 aliphatic heterocycles. The van der Waals surface area contributed by atoms with Crippen LogP contribution in [0.5, 0.6) is 5.75 Å². The Hall–Kier alpha value is -3.80. The summed E-state index contributed by atoms with van der Waals surface area (Å²) in [6.07, 6.45) is -1.46. The first kappa shape index (κ1) is 24.3. The molecule has 4 rings (SSSR count). The highest BCUT2D eigenvalue weighted by Gasteiger charge is 2.33. The summed E-state index contributed by atoms with van der Waals surface area (Å²) >= 11 is 1.28. The second-order valence-corrected chi connectivity index (χ2v) is 8.63. The molecule has 1 N–H and O–H groups in total. The summed E-state index contributed by atoms with van der Waals surface area (Å²) in [6.45, 7) is -1.34. The van der Waals surface area contributed by atoms with Crippen molar-refractivity contribution in [3.8, 4) is 29.0 Å². The molecule has 0 radical (unpaired) electrons. The van der Waals surface area contributed by atoms with Crippen molar-refractivity contribution >= 4 is 17.6 Å². The molecule has 0 amide bonds. The molecule has 2 aromatic heterocycles. The molecule has 0 aliphatic carbocycles. The van der Waals surface area contributed by atoms with Crippen LogP contribution in [-0.4, -0.2) is 47.1 Å². The average molecular weight is 498 g/mol. The second-order valence-electron chi connectivity index (χ2n) is 7.66. The monoisotopic (exact) mass is 497 g/mol. The van der Waals surface area contributed by atoms with Gasteiger partial charge in [-0.3, -0.25) is 4.98 Å². The van der Waals surface area contributed by atoms with Crippen molar-refractivity contribution < 1.29 is 23.0 Å². The highest BCUT2D eigenvalue weighted by atomic mass is 32.2. The normalized spacial score (nSPS) is 13.6. The third-order valence-electron chi connectivity index (χ3n) is 5.20. The minimum absolute atomic E-state index is 0.0722. The molecule has 11 heteroatoms. The van der Waals surface area contributed by atoms with Gasteiger partial charge in [-0.1, -0.05) is 18.2 Å². The Bertz CT molecular complexity index is 1290. The third kappa shape index (κ3) is 5.32. The first-order valence-electron chi connectivity index (χ1n) is 10.4. The summed E-state index contributed by atoms with van der Waals surface area (Å²) in [5.41, 5.74) is 1.81. The molecule has 1 fully saturated rings. The Labute approximate surface area is 203 Å². The van der Waals surface area contributed by atoms with Crippen LogP contribution in [0, 0.1) is 22.7 Å². The van der Waals surface area contributed by atoms with Crippen LogP contribution in [0.3, 0.4) is 0 Å². The number of rotatable bonds is 8. The van der Waals surface area contributed by atoms with Gasteiger partial charge in [0.25, 0.3) is 0 Å². The van der Waals surface area contributed by atoms with Crippen LogP contribution >= 0.6 is 11.8 Å². The molecule has 1 aliphatic rings. The largest absolute Gasteiger partial charge is 0.431 e. The number of benzene rings is 1. The number of hydrogen-bond donors (Lipinski definition) is 1. The van der Waals surface area contributed by atoms with Crippen molar-refractivity contribution in [1.29, 1.82) is 10.5 Å². The van der Waals surface area contributed by atoms with Crippen molar-refractivity contribution in [2.24, 2.45) is 0 Å². The summed E-state index contributed by atoms with van der Waals surface area (Å²) in [7, 11) is 0. The second kappa shape index (κ2) is 10.2. The van der Waals surface area contributed by atoms with E-state index in [1.807, 2.05) is 6.07 Å². The van der Waals surface area contributed by atoms with E-state index in [4.69, 9.17) is 5.11 Å². The highest BCUT2D eigenvalue weighted by Crippen LogP contribution is 2.40. The van der Waals surface area contributed by atoms with Crippen LogP contribution in [0.2, 0.25) is 0 Å². The molecular weight excluding hydrogens is 479 g/mol. The minimum Gasteiger partial charge on any atom is -0.431 e. The summed E-state index contributed by atoms with van der Waals surface area (Å²) in [5.74, 6) is 0.513. The van der Waals surface area contributed by atoms with Gasteiger partial charge in [-0.25, -0.2) is 9.37 Å². The third-order valence-corrected chi connectivity index (χ3v) is 6.24. The molecule has 0 atom stereocenters. The van der Waals surface area contributed by atoms with Gasteiger partial charge in [-0.2, -0.15) is 19.3 Å². The maximum absolute atomic E-state index is 13.6. The van der Waals surface area contributed by atoms with E-state index in [0.29, 0.717) is 16.3 Å². The van der Waals surface area contributed by atoms with E-state index in [1.54, 1.807) is 23.4 Å². The van der Waals surface area contributed by atoms with Gasteiger partial charge in [0.1, 0.15) is 47.1 Å². The van der Waals surface area contributed by atoms with Crippen LogP contribution < -0.4 is 9.64 Å². The molecule has 0 spiro atoms. The standard InChI is InChI=1S/C24H18F3N5O2S/c25-17-11-32(12-17)22-19(8-28)21(16-3-5-18(6-4-16)34-24(26,27)14-33)20(9-29)23(31-22)35-13-15-2-1-7-30-10-15/h1-7,10,17,33H,11-14H2. The molecule has 3 aromatic rings. The molecule has 7 nitrogen and oxygen atoms in total. The summed E-state index contributed by atoms with van der Waals surface area (Å²) in [4.78, 5) is 10.3. The fraction of sp³-hybridized carbons (Fsp3) is 0.250. The Morgan fingerprint density at radius 2 is 1.86 bits per heavy atom. The van der Waals surface area contributed by atoms with Crippen molar-refractivity contribution in [1.82, 2.24) is 9.97 Å². The van der Waals surface area contributed by atoms with Crippen LogP contribution in [0.25, 0.3) is 11.1 Å². The van der Waals surface area contributed by atoms with E-state index in [1.165, 1.54) is 36.0 Å². The number of ether oxygens (including phenoxy) is 1. The van der Waals surface area contributed by atoms with Crippen molar-refractivity contribution in [3.63, 3.8) is 0 Å². The number of aliphatic hydroxyl groups is 1. The lowest BCUT2D eigenvalue weighted by Gasteiger charge is -2.36. The molecule has 0 unspecified atom stereocenters. The minimum atomic E-state index is -3.75. The summed E-state index contributed by atoms with van der Waals surface area (Å²) in [5, 5.41) is 29.1. The van der Waals surface area contributed by atoms with E-state index >= 15 is 0 Å². The van der Waals surface area contributed by atoms with Gasteiger partial charge in [0, 0.05) is 23.7 Å². The van der Waals surface area contributed by atoms with Gasteiger partial charge in [0.05, 0.1) is 18.7 Å². The SMILES string of the molecule is N#Cc1c(SCc2cccnc2)nc(N2CC(F)C2)c(C#N)c1-c1ccc(OC(F)(F)CO)cc1. The molecule has 0 bridgehead atoms. The number of aromatic nitrogens is 2. The zero-order valence-electron chi connectivity index (χ0n) is 18.2. The fourth-order valence-corrected chi connectivity index (χ4v) is 4.43. The Balaban J connectivity index is 1.79. The van der Waals surface area contributed by atoms with Crippen molar-refractivity contribution in [3.05, 3.63) is 65.5 Å². The number of halogens is 3. The number of pyridine rings is 2. The van der Waals surface area contributed by atoms with Gasteiger partial charge in [0.2, 0.25) is 0 Å². The van der Waals surface area contributed by atoms with E-state index in [9.17, 15) is 23.7 Å². The van der Waals surface area contributed by atoms with E-state index in [0.717, 1.165) is 5.56 Å². The van der Waals surface area contributed by atoms with Gasteiger partial charge >= 0.3 is 6.11 Å². The number of hydrogen-bond acceptors (Lipinski definition) is 8. The zero-order valence-corrected chi connectivity index (χ0v) is 19.0. The molecule has 1 saturated heterocycles. The lowest BCUT2D eigenvalue weighted by molar-refractivity contribution is -0.200. The smallest absolute Gasteiger partial charge is 0.421 e. The van der Waals surface area contributed by atoms with Crippen LogP contribution in [0.1, 0.15) is 16.7 Å². The van der Waals surface area contributed by atoms with Gasteiger partial charge in [-0.05, 0) is 29.3 Å². The van der Waals surface area contributed by atoms with Crippen LogP contribution in [-0.2, 0) is 5.75 Å². The zero-order chi connectivity index (χ0) is 25.0. The van der Waals surface area contributed by atoms with Crippen molar-refractivity contribution in [2.75, 3.05) is 24.6 Å². The van der Waals surface area contributed by atoms with Gasteiger partial charge < -0.3 is 14.7 Å². The Kier molecular flexibility index (Phi) is 7.10. The van der Waals surface area contributed by atoms with E-state index in [2.05, 4.69) is 26.8 Å². The average Bonchev–Trinajstić information content (AvgIpc) is 2.85. The molecule has 1 aromatic carbocycles. The predicted octanol–water partition coefficient (Wildman–Crippen LogP) is 4.30. The first-order chi connectivity index (χ1) is 16.8. The quantitative estimate of drug-likeness (QED) is 0.459. The Morgan fingerprint density at radius 3 is 2.43 bits per heavy atom. The van der Waals surface area contributed by atoms with Crippen LogP contribution in [0.15, 0.2) is 53.8 Å². The first-order valence-corrected chi connectivity index (χ1v) is 11.4. The van der Waals surface area contributed by atoms with Gasteiger partial charge in [-0.15, -0.1) is 11.8 Å². The molecule has 35 heavy (non-hydrogen) atoms. The topological polar surface area (TPSA) is 106 Å². The summed E-state index contributed by atoms with van der Waals surface area (Å²) < 4.78 is 44.9. The predicted molar refractivity (Wildman–Crippen MR) is 123 cm³/mol. The maximum Gasteiger partial charge on any atom is 0.421 e.